The van der Waals surface area contributed by atoms with E-state index in [1.165, 1.54) is 5.56 Å². The van der Waals surface area contributed by atoms with Gasteiger partial charge in [-0.2, -0.15) is 9.97 Å². The first-order valence-corrected chi connectivity index (χ1v) is 11.2. The van der Waals surface area contributed by atoms with Gasteiger partial charge in [-0.15, -0.1) is 0 Å². The predicted octanol–water partition coefficient (Wildman–Crippen LogP) is 4.48. The molecule has 160 valence electrons. The zero-order valence-corrected chi connectivity index (χ0v) is 18.0. The molecule has 0 atom stereocenters. The third-order valence-electron chi connectivity index (χ3n) is 6.17. The first-order chi connectivity index (χ1) is 14.7. The number of benzene rings is 1. The summed E-state index contributed by atoms with van der Waals surface area (Å²) in [6.07, 6.45) is 8.20. The number of nitrogens with two attached hydrogens (primary N) is 1. The highest BCUT2D eigenvalue weighted by Gasteiger charge is 2.21. The molecule has 1 saturated carbocycles. The van der Waals surface area contributed by atoms with Gasteiger partial charge in [0.25, 0.3) is 0 Å². The van der Waals surface area contributed by atoms with E-state index in [2.05, 4.69) is 58.3 Å². The van der Waals surface area contributed by atoms with E-state index < -0.39 is 0 Å². The Kier molecular flexibility index (Phi) is 6.47. The summed E-state index contributed by atoms with van der Waals surface area (Å²) in [7, 11) is 0. The Morgan fingerprint density at radius 1 is 1.07 bits per heavy atom. The number of hydrogen-bond donors (Lipinski definition) is 3. The zero-order chi connectivity index (χ0) is 20.9. The van der Waals surface area contributed by atoms with Crippen LogP contribution in [0.15, 0.2) is 36.7 Å². The molecule has 3 aromatic rings. The van der Waals surface area contributed by atoms with E-state index >= 15 is 0 Å². The van der Waals surface area contributed by atoms with Crippen LogP contribution in [0, 0.1) is 0 Å². The average Bonchev–Trinajstić information content (AvgIpc) is 3.19. The first-order valence-electron chi connectivity index (χ1n) is 11.2. The molecule has 7 nitrogen and oxygen atoms in total. The SMILES string of the molecule is CCC(CC)n1cnc2c(NCc3ccccc3)nc(N[C@H]3CC[C@H](N)CC3)nc21. The van der Waals surface area contributed by atoms with Crippen molar-refractivity contribution in [1.29, 1.82) is 0 Å². The van der Waals surface area contributed by atoms with E-state index in [-0.39, 0.29) is 0 Å². The van der Waals surface area contributed by atoms with Crippen LogP contribution in [0.1, 0.15) is 64.0 Å². The molecule has 1 aromatic carbocycles. The maximum atomic E-state index is 6.07. The molecule has 0 unspecified atom stereocenters. The molecule has 0 aliphatic heterocycles. The highest BCUT2D eigenvalue weighted by Crippen LogP contribution is 2.28. The fourth-order valence-electron chi connectivity index (χ4n) is 4.28. The topological polar surface area (TPSA) is 93.7 Å². The second-order valence-electron chi connectivity index (χ2n) is 8.29. The fourth-order valence-corrected chi connectivity index (χ4v) is 4.28. The highest BCUT2D eigenvalue weighted by atomic mass is 15.2. The van der Waals surface area contributed by atoms with E-state index in [9.17, 15) is 0 Å². The molecule has 1 aliphatic carbocycles. The van der Waals surface area contributed by atoms with Crippen molar-refractivity contribution in [2.24, 2.45) is 5.73 Å². The van der Waals surface area contributed by atoms with Gasteiger partial charge in [-0.05, 0) is 44.1 Å². The van der Waals surface area contributed by atoms with Crippen LogP contribution >= 0.6 is 0 Å². The summed E-state index contributed by atoms with van der Waals surface area (Å²) in [6.45, 7) is 5.11. The van der Waals surface area contributed by atoms with Crippen molar-refractivity contribution in [3.63, 3.8) is 0 Å². The monoisotopic (exact) mass is 407 g/mol. The maximum absolute atomic E-state index is 6.07. The number of rotatable bonds is 8. The number of hydrogen-bond acceptors (Lipinski definition) is 6. The van der Waals surface area contributed by atoms with Gasteiger partial charge >= 0.3 is 0 Å². The molecule has 2 aromatic heterocycles. The van der Waals surface area contributed by atoms with Crippen LogP contribution in [0.5, 0.6) is 0 Å². The van der Waals surface area contributed by atoms with Crippen molar-refractivity contribution in [3.8, 4) is 0 Å². The molecule has 4 rings (SSSR count). The lowest BCUT2D eigenvalue weighted by atomic mass is 9.92. The van der Waals surface area contributed by atoms with Gasteiger partial charge in [0.05, 0.1) is 6.33 Å². The number of fused-ring (bicyclic) bond motifs is 1. The van der Waals surface area contributed by atoms with Crippen LogP contribution in [0.3, 0.4) is 0 Å². The van der Waals surface area contributed by atoms with E-state index in [0.29, 0.717) is 30.6 Å². The maximum Gasteiger partial charge on any atom is 0.227 e. The third-order valence-corrected chi connectivity index (χ3v) is 6.17. The Labute approximate surface area is 178 Å². The standard InChI is InChI=1S/C23H33N7/c1-3-19(4-2)30-15-26-20-21(25-14-16-8-6-5-7-9-16)28-23(29-22(20)30)27-18-12-10-17(24)11-13-18/h5-9,15,17-19H,3-4,10-14,24H2,1-2H3,(H2,25,27,28,29)/t17-,18-. The summed E-state index contributed by atoms with van der Waals surface area (Å²) in [5.74, 6) is 1.45. The summed E-state index contributed by atoms with van der Waals surface area (Å²) in [4.78, 5) is 14.4. The predicted molar refractivity (Wildman–Crippen MR) is 123 cm³/mol. The van der Waals surface area contributed by atoms with E-state index in [1.54, 1.807) is 0 Å². The quantitative estimate of drug-likeness (QED) is 0.510. The average molecular weight is 408 g/mol. The minimum absolute atomic E-state index is 0.325. The van der Waals surface area contributed by atoms with Crippen LogP contribution in [0.25, 0.3) is 11.2 Å². The number of nitrogens with zero attached hydrogens (tertiary/aromatic N) is 4. The molecule has 2 heterocycles. The van der Waals surface area contributed by atoms with Crippen molar-refractivity contribution < 1.29 is 0 Å². The van der Waals surface area contributed by atoms with Gasteiger partial charge in [0, 0.05) is 24.7 Å². The van der Waals surface area contributed by atoms with E-state index in [4.69, 9.17) is 15.7 Å². The molecule has 0 saturated heterocycles. The molecule has 4 N–H and O–H groups in total. The minimum Gasteiger partial charge on any atom is -0.364 e. The van der Waals surface area contributed by atoms with E-state index in [1.807, 2.05) is 12.4 Å². The van der Waals surface area contributed by atoms with Crippen molar-refractivity contribution >= 4 is 22.9 Å². The molecule has 0 radical (unpaired) electrons. The smallest absolute Gasteiger partial charge is 0.227 e. The van der Waals surface area contributed by atoms with Gasteiger partial charge < -0.3 is 20.9 Å². The van der Waals surface area contributed by atoms with Gasteiger partial charge in [-0.1, -0.05) is 44.2 Å². The fraction of sp³-hybridized carbons (Fsp3) is 0.522. The Balaban J connectivity index is 1.65. The number of nitrogens with one attached hydrogen (secondary N) is 2. The minimum atomic E-state index is 0.325. The van der Waals surface area contributed by atoms with Crippen molar-refractivity contribution in [1.82, 2.24) is 19.5 Å². The second kappa shape index (κ2) is 9.43. The Bertz CT molecular complexity index is 941. The van der Waals surface area contributed by atoms with Crippen LogP contribution in [-0.2, 0) is 6.54 Å². The van der Waals surface area contributed by atoms with Crippen LogP contribution in [0.4, 0.5) is 11.8 Å². The van der Waals surface area contributed by atoms with Crippen molar-refractivity contribution in [2.45, 2.75) is 77.0 Å². The van der Waals surface area contributed by atoms with Gasteiger partial charge in [0.15, 0.2) is 17.0 Å². The molecular formula is C23H33N7. The van der Waals surface area contributed by atoms with Crippen molar-refractivity contribution in [2.75, 3.05) is 10.6 Å². The Hall–Kier alpha value is -2.67. The van der Waals surface area contributed by atoms with Gasteiger partial charge in [0.2, 0.25) is 5.95 Å². The number of aromatic nitrogens is 4. The Morgan fingerprint density at radius 2 is 1.80 bits per heavy atom. The summed E-state index contributed by atoms with van der Waals surface area (Å²) >= 11 is 0. The van der Waals surface area contributed by atoms with Crippen molar-refractivity contribution in [3.05, 3.63) is 42.2 Å². The van der Waals surface area contributed by atoms with Gasteiger partial charge in [0.1, 0.15) is 0 Å². The lowest BCUT2D eigenvalue weighted by Crippen LogP contribution is -2.33. The zero-order valence-electron chi connectivity index (χ0n) is 18.0. The lowest BCUT2D eigenvalue weighted by Gasteiger charge is -2.27. The third kappa shape index (κ3) is 4.56. The molecule has 0 amide bonds. The molecule has 30 heavy (non-hydrogen) atoms. The van der Waals surface area contributed by atoms with Crippen LogP contribution in [0.2, 0.25) is 0 Å². The van der Waals surface area contributed by atoms with E-state index in [0.717, 1.165) is 55.5 Å². The molecule has 1 fully saturated rings. The highest BCUT2D eigenvalue weighted by molar-refractivity contribution is 5.84. The number of imidazole rings is 1. The first kappa shape index (κ1) is 20.6. The largest absolute Gasteiger partial charge is 0.364 e. The van der Waals surface area contributed by atoms with Crippen LogP contribution in [-0.4, -0.2) is 31.6 Å². The van der Waals surface area contributed by atoms with Gasteiger partial charge in [-0.25, -0.2) is 4.98 Å². The molecule has 7 heteroatoms. The Morgan fingerprint density at radius 3 is 2.50 bits per heavy atom. The lowest BCUT2D eigenvalue weighted by molar-refractivity contribution is 0.410. The van der Waals surface area contributed by atoms with Crippen LogP contribution < -0.4 is 16.4 Å². The van der Waals surface area contributed by atoms with Gasteiger partial charge in [-0.3, -0.25) is 0 Å². The summed E-state index contributed by atoms with van der Waals surface area (Å²) in [5.41, 5.74) is 9.00. The molecule has 0 bridgehead atoms. The number of anilines is 2. The summed E-state index contributed by atoms with van der Waals surface area (Å²) < 4.78 is 2.20. The molecule has 0 spiro atoms. The second-order valence-corrected chi connectivity index (χ2v) is 8.29. The molecule has 1 aliphatic rings. The summed E-state index contributed by atoms with van der Waals surface area (Å²) in [5, 5.41) is 7.06. The molecular weight excluding hydrogens is 374 g/mol. The normalized spacial score (nSPS) is 19.3. The summed E-state index contributed by atoms with van der Waals surface area (Å²) in [6, 6.07) is 11.4.